The van der Waals surface area contributed by atoms with Gasteiger partial charge in [-0.2, -0.15) is 0 Å². The molecule has 0 aliphatic carbocycles. The second kappa shape index (κ2) is 8.76. The van der Waals surface area contributed by atoms with Crippen molar-refractivity contribution in [3.05, 3.63) is 90.3 Å². The number of amides is 1. The lowest BCUT2D eigenvalue weighted by molar-refractivity contribution is 0.0984. The van der Waals surface area contributed by atoms with Crippen LogP contribution in [0.2, 0.25) is 0 Å². The van der Waals surface area contributed by atoms with E-state index in [0.29, 0.717) is 22.6 Å². The Hall–Kier alpha value is -3.78. The molecular weight excluding hydrogens is 424 g/mol. The van der Waals surface area contributed by atoms with Gasteiger partial charge in [-0.1, -0.05) is 31.2 Å². The zero-order valence-corrected chi connectivity index (χ0v) is 18.3. The zero-order chi connectivity index (χ0) is 22.7. The zero-order valence-electron chi connectivity index (χ0n) is 17.5. The fourth-order valence-electron chi connectivity index (χ4n) is 3.47. The lowest BCUT2D eigenvalue weighted by Crippen LogP contribution is -2.32. The van der Waals surface area contributed by atoms with Crippen molar-refractivity contribution in [3.8, 4) is 0 Å². The molecule has 0 unspecified atom stereocenters. The lowest BCUT2D eigenvalue weighted by Gasteiger charge is -2.25. The van der Waals surface area contributed by atoms with Crippen molar-refractivity contribution >= 4 is 38.2 Å². The highest BCUT2D eigenvalue weighted by Gasteiger charge is 2.25. The highest BCUT2D eigenvalue weighted by molar-refractivity contribution is 7.91. The van der Waals surface area contributed by atoms with Gasteiger partial charge in [0, 0.05) is 17.8 Å². The van der Waals surface area contributed by atoms with E-state index in [1.54, 1.807) is 49.5 Å². The maximum absolute atomic E-state index is 13.5. The van der Waals surface area contributed by atoms with E-state index >= 15 is 0 Å². The summed E-state index contributed by atoms with van der Waals surface area (Å²) in [5.74, 6) is -0.0206. The summed E-state index contributed by atoms with van der Waals surface area (Å²) >= 11 is 0. The molecule has 0 radical (unpaired) electrons. The van der Waals surface area contributed by atoms with Crippen LogP contribution in [0, 0.1) is 0 Å². The molecular formula is C24H22N4O3S. The number of hydrogen-bond acceptors (Lipinski definition) is 6. The van der Waals surface area contributed by atoms with Crippen molar-refractivity contribution in [1.82, 2.24) is 9.97 Å². The fourth-order valence-corrected chi connectivity index (χ4v) is 4.56. The molecule has 0 aliphatic rings. The summed E-state index contributed by atoms with van der Waals surface area (Å²) in [6.07, 6.45) is 3.05. The Labute approximate surface area is 186 Å². The van der Waals surface area contributed by atoms with Gasteiger partial charge < -0.3 is 10.6 Å². The molecule has 8 heteroatoms. The Morgan fingerprint density at radius 2 is 1.81 bits per heavy atom. The van der Waals surface area contributed by atoms with Crippen molar-refractivity contribution in [3.63, 3.8) is 0 Å². The molecule has 1 amide bonds. The van der Waals surface area contributed by atoms with Gasteiger partial charge in [0.2, 0.25) is 0 Å². The van der Waals surface area contributed by atoms with E-state index in [1.165, 1.54) is 17.2 Å². The summed E-state index contributed by atoms with van der Waals surface area (Å²) in [4.78, 5) is 23.5. The number of aromatic nitrogens is 2. The van der Waals surface area contributed by atoms with Gasteiger partial charge in [0.05, 0.1) is 34.0 Å². The number of benzene rings is 2. The van der Waals surface area contributed by atoms with E-state index in [9.17, 15) is 13.2 Å². The summed E-state index contributed by atoms with van der Waals surface area (Å²) in [5.41, 5.74) is 8.00. The van der Waals surface area contributed by atoms with E-state index in [1.807, 2.05) is 24.3 Å². The first-order chi connectivity index (χ1) is 15.4. The van der Waals surface area contributed by atoms with Crippen LogP contribution in [0.5, 0.6) is 0 Å². The van der Waals surface area contributed by atoms with Crippen LogP contribution in [-0.4, -0.2) is 30.0 Å². The minimum Gasteiger partial charge on any atom is -0.384 e. The van der Waals surface area contributed by atoms with Gasteiger partial charge in [0.1, 0.15) is 5.82 Å². The normalized spacial score (nSPS) is 11.4. The number of pyridine rings is 2. The predicted octanol–water partition coefficient (Wildman–Crippen LogP) is 3.85. The van der Waals surface area contributed by atoms with Crippen molar-refractivity contribution in [2.45, 2.75) is 18.4 Å². The summed E-state index contributed by atoms with van der Waals surface area (Å²) in [6.45, 7) is 1.73. The number of anilines is 2. The number of carbonyl (C=O) groups is 1. The van der Waals surface area contributed by atoms with Crippen molar-refractivity contribution in [2.75, 3.05) is 16.4 Å². The minimum atomic E-state index is -3.56. The summed E-state index contributed by atoms with van der Waals surface area (Å²) in [6, 6.07) is 19.1. The molecule has 0 saturated carbocycles. The molecule has 4 aromatic rings. The SMILES string of the molecule is CCS(=O)(=O)c1ccccc1N(Cc1ccc2ccc(N)nc2c1)C(=O)c1cccnc1. The second-order valence-electron chi connectivity index (χ2n) is 7.27. The molecule has 162 valence electrons. The number of nitrogens with zero attached hydrogens (tertiary/aromatic N) is 3. The molecule has 2 N–H and O–H groups in total. The third-order valence-corrected chi connectivity index (χ3v) is 6.92. The van der Waals surface area contributed by atoms with E-state index in [-0.39, 0.29) is 23.1 Å². The average Bonchev–Trinajstić information content (AvgIpc) is 2.82. The van der Waals surface area contributed by atoms with Gasteiger partial charge in [-0.3, -0.25) is 9.78 Å². The highest BCUT2D eigenvalue weighted by atomic mass is 32.2. The van der Waals surface area contributed by atoms with Gasteiger partial charge >= 0.3 is 0 Å². The third kappa shape index (κ3) is 4.31. The van der Waals surface area contributed by atoms with Crippen LogP contribution in [0.15, 0.2) is 84.0 Å². The number of carbonyl (C=O) groups excluding carboxylic acids is 1. The molecule has 7 nitrogen and oxygen atoms in total. The maximum Gasteiger partial charge on any atom is 0.260 e. The highest BCUT2D eigenvalue weighted by Crippen LogP contribution is 2.29. The topological polar surface area (TPSA) is 106 Å². The Morgan fingerprint density at radius 1 is 1.03 bits per heavy atom. The average molecular weight is 447 g/mol. The van der Waals surface area contributed by atoms with Crippen LogP contribution in [0.3, 0.4) is 0 Å². The first-order valence-electron chi connectivity index (χ1n) is 10.1. The van der Waals surface area contributed by atoms with Crippen molar-refractivity contribution in [1.29, 1.82) is 0 Å². The van der Waals surface area contributed by atoms with Crippen LogP contribution in [0.4, 0.5) is 11.5 Å². The number of para-hydroxylation sites is 1. The summed E-state index contributed by atoms with van der Waals surface area (Å²) in [7, 11) is -3.56. The first kappa shape index (κ1) is 21.5. The standard InChI is InChI=1S/C24H22N4O3S/c1-2-32(30,31)22-8-4-3-7-21(22)28(24(29)19-6-5-13-26-15-19)16-17-9-10-18-11-12-23(25)27-20(18)14-17/h3-15H,2,16H2,1H3,(H2,25,27). The quantitative estimate of drug-likeness (QED) is 0.482. The Balaban J connectivity index is 1.84. The van der Waals surface area contributed by atoms with Gasteiger partial charge in [-0.15, -0.1) is 0 Å². The second-order valence-corrected chi connectivity index (χ2v) is 9.51. The molecule has 0 atom stereocenters. The molecule has 0 spiro atoms. The third-order valence-electron chi connectivity index (χ3n) is 5.14. The number of sulfone groups is 1. The fraction of sp³-hybridized carbons (Fsp3) is 0.125. The van der Waals surface area contributed by atoms with Gasteiger partial charge in [0.15, 0.2) is 9.84 Å². The van der Waals surface area contributed by atoms with Crippen LogP contribution in [0.1, 0.15) is 22.8 Å². The Morgan fingerprint density at radius 3 is 2.56 bits per heavy atom. The Bertz CT molecular complexity index is 1390. The number of hydrogen-bond donors (Lipinski definition) is 1. The Kier molecular flexibility index (Phi) is 5.87. The first-order valence-corrected chi connectivity index (χ1v) is 11.7. The number of nitrogen functional groups attached to an aromatic ring is 1. The van der Waals surface area contributed by atoms with Crippen LogP contribution in [-0.2, 0) is 16.4 Å². The van der Waals surface area contributed by atoms with E-state index < -0.39 is 9.84 Å². The van der Waals surface area contributed by atoms with E-state index in [0.717, 1.165) is 10.9 Å². The van der Waals surface area contributed by atoms with Crippen LogP contribution < -0.4 is 10.6 Å². The maximum atomic E-state index is 13.5. The molecule has 0 fully saturated rings. The number of fused-ring (bicyclic) bond motifs is 1. The molecule has 32 heavy (non-hydrogen) atoms. The van der Waals surface area contributed by atoms with Crippen LogP contribution in [0.25, 0.3) is 10.9 Å². The number of nitrogens with two attached hydrogens (primary N) is 1. The minimum absolute atomic E-state index is 0.0713. The van der Waals surface area contributed by atoms with Crippen molar-refractivity contribution < 1.29 is 13.2 Å². The van der Waals surface area contributed by atoms with Gasteiger partial charge in [-0.05, 0) is 48.0 Å². The molecule has 0 saturated heterocycles. The van der Waals surface area contributed by atoms with Crippen molar-refractivity contribution in [2.24, 2.45) is 0 Å². The number of rotatable bonds is 6. The largest absolute Gasteiger partial charge is 0.384 e. The molecule has 2 aromatic heterocycles. The smallest absolute Gasteiger partial charge is 0.260 e. The molecule has 4 rings (SSSR count). The molecule has 2 aromatic carbocycles. The van der Waals surface area contributed by atoms with E-state index in [4.69, 9.17) is 5.73 Å². The molecule has 0 bridgehead atoms. The lowest BCUT2D eigenvalue weighted by atomic mass is 10.1. The predicted molar refractivity (Wildman–Crippen MR) is 125 cm³/mol. The van der Waals surface area contributed by atoms with Crippen LogP contribution >= 0.6 is 0 Å². The summed E-state index contributed by atoms with van der Waals surface area (Å²) < 4.78 is 25.6. The van der Waals surface area contributed by atoms with Gasteiger partial charge in [0.25, 0.3) is 5.91 Å². The van der Waals surface area contributed by atoms with Gasteiger partial charge in [-0.25, -0.2) is 13.4 Å². The molecule has 2 heterocycles. The summed E-state index contributed by atoms with van der Waals surface area (Å²) in [5, 5.41) is 0.919. The molecule has 0 aliphatic heterocycles. The monoisotopic (exact) mass is 446 g/mol. The van der Waals surface area contributed by atoms with E-state index in [2.05, 4.69) is 9.97 Å².